The lowest BCUT2D eigenvalue weighted by atomic mass is 9.82. The van der Waals surface area contributed by atoms with Crippen molar-refractivity contribution < 1.29 is 13.7 Å². The molecule has 1 aromatic carbocycles. The molecule has 0 saturated heterocycles. The van der Waals surface area contributed by atoms with Gasteiger partial charge in [0.05, 0.1) is 10.6 Å². The third-order valence-electron chi connectivity index (χ3n) is 3.86. The molecule has 1 aliphatic carbocycles. The van der Waals surface area contributed by atoms with E-state index in [1.165, 1.54) is 6.42 Å². The molecule has 1 aliphatic rings. The van der Waals surface area contributed by atoms with Gasteiger partial charge in [0.2, 0.25) is 5.82 Å². The highest BCUT2D eigenvalue weighted by Crippen LogP contribution is 2.30. The van der Waals surface area contributed by atoms with Gasteiger partial charge >= 0.3 is 5.69 Å². The number of nitro groups is 1. The van der Waals surface area contributed by atoms with Crippen molar-refractivity contribution in [3.05, 3.63) is 33.9 Å². The minimum atomic E-state index is -1.15. The molecule has 1 fully saturated rings. The summed E-state index contributed by atoms with van der Waals surface area (Å²) in [6.45, 7) is 2.75. The van der Waals surface area contributed by atoms with Crippen molar-refractivity contribution in [1.29, 1.82) is 0 Å². The summed E-state index contributed by atoms with van der Waals surface area (Å²) in [5.41, 5.74) is -0.706. The summed E-state index contributed by atoms with van der Waals surface area (Å²) >= 11 is 0. The monoisotopic (exact) mass is 284 g/mol. The topological polar surface area (TPSA) is 55.2 Å². The van der Waals surface area contributed by atoms with Crippen molar-refractivity contribution in [2.75, 3.05) is 11.9 Å². The van der Waals surface area contributed by atoms with E-state index in [2.05, 4.69) is 12.2 Å². The summed E-state index contributed by atoms with van der Waals surface area (Å²) in [6.07, 6.45) is 4.51. The molecule has 2 atom stereocenters. The summed E-state index contributed by atoms with van der Waals surface area (Å²) < 4.78 is 26.8. The Bertz CT molecular complexity index is 508. The van der Waals surface area contributed by atoms with Crippen LogP contribution in [0.3, 0.4) is 0 Å². The molecule has 110 valence electrons. The molecular weight excluding hydrogens is 266 g/mol. The van der Waals surface area contributed by atoms with Crippen LogP contribution in [0.1, 0.15) is 32.6 Å². The SMILES string of the molecule is CC1CCCC(CNc2cc([N+](=O)[O-])c(F)cc2F)C1. The molecule has 2 unspecified atom stereocenters. The highest BCUT2D eigenvalue weighted by Gasteiger charge is 2.21. The van der Waals surface area contributed by atoms with E-state index >= 15 is 0 Å². The maximum absolute atomic E-state index is 13.6. The molecule has 0 heterocycles. The summed E-state index contributed by atoms with van der Waals surface area (Å²) in [6, 6.07) is 1.49. The van der Waals surface area contributed by atoms with Crippen LogP contribution in [0.25, 0.3) is 0 Å². The van der Waals surface area contributed by atoms with Gasteiger partial charge in [-0.25, -0.2) is 4.39 Å². The van der Waals surface area contributed by atoms with Crippen LogP contribution in [0.5, 0.6) is 0 Å². The third kappa shape index (κ3) is 3.43. The van der Waals surface area contributed by atoms with Crippen LogP contribution >= 0.6 is 0 Å². The predicted octanol–water partition coefficient (Wildman–Crippen LogP) is 4.11. The molecule has 1 saturated carbocycles. The first-order valence-corrected chi connectivity index (χ1v) is 6.84. The van der Waals surface area contributed by atoms with E-state index in [4.69, 9.17) is 0 Å². The molecule has 0 aliphatic heterocycles. The average Bonchev–Trinajstić information content (AvgIpc) is 2.37. The van der Waals surface area contributed by atoms with Gasteiger partial charge in [-0.05, 0) is 24.7 Å². The fourth-order valence-electron chi connectivity index (χ4n) is 2.81. The standard InChI is InChI=1S/C14H18F2N2O2/c1-9-3-2-4-10(5-9)8-17-13-7-14(18(19)20)12(16)6-11(13)15/h6-7,9-10,17H,2-5,8H2,1H3. The van der Waals surface area contributed by atoms with Crippen LogP contribution in [0.15, 0.2) is 12.1 Å². The number of benzene rings is 1. The van der Waals surface area contributed by atoms with Crippen molar-refractivity contribution in [2.45, 2.75) is 32.6 Å². The zero-order valence-electron chi connectivity index (χ0n) is 11.4. The Balaban J connectivity index is 2.05. The fourth-order valence-corrected chi connectivity index (χ4v) is 2.81. The second kappa shape index (κ2) is 6.15. The summed E-state index contributed by atoms with van der Waals surface area (Å²) in [5, 5.41) is 13.5. The molecule has 1 N–H and O–H groups in total. The molecule has 0 spiro atoms. The lowest BCUT2D eigenvalue weighted by Gasteiger charge is -2.27. The number of nitrogens with one attached hydrogen (secondary N) is 1. The van der Waals surface area contributed by atoms with Crippen molar-refractivity contribution in [2.24, 2.45) is 11.8 Å². The molecule has 0 radical (unpaired) electrons. The Morgan fingerprint density at radius 3 is 2.75 bits per heavy atom. The number of rotatable bonds is 4. The van der Waals surface area contributed by atoms with E-state index in [0.29, 0.717) is 24.4 Å². The number of anilines is 1. The second-order valence-electron chi connectivity index (χ2n) is 5.56. The summed E-state index contributed by atoms with van der Waals surface area (Å²) in [7, 11) is 0. The van der Waals surface area contributed by atoms with Crippen molar-refractivity contribution in [3.63, 3.8) is 0 Å². The Morgan fingerprint density at radius 1 is 1.35 bits per heavy atom. The van der Waals surface area contributed by atoms with Crippen LogP contribution in [0, 0.1) is 33.6 Å². The summed E-state index contributed by atoms with van der Waals surface area (Å²) in [4.78, 5) is 9.80. The van der Waals surface area contributed by atoms with E-state index in [1.54, 1.807) is 0 Å². The Kier molecular flexibility index (Phi) is 4.52. The van der Waals surface area contributed by atoms with E-state index < -0.39 is 22.2 Å². The Morgan fingerprint density at radius 2 is 2.10 bits per heavy atom. The van der Waals surface area contributed by atoms with Crippen LogP contribution in [0.4, 0.5) is 20.2 Å². The average molecular weight is 284 g/mol. The minimum Gasteiger partial charge on any atom is -0.382 e. The molecule has 2 rings (SSSR count). The van der Waals surface area contributed by atoms with Gasteiger partial charge in [0.15, 0.2) is 0 Å². The Hall–Kier alpha value is -1.72. The lowest BCUT2D eigenvalue weighted by molar-refractivity contribution is -0.387. The second-order valence-corrected chi connectivity index (χ2v) is 5.56. The largest absolute Gasteiger partial charge is 0.382 e. The zero-order chi connectivity index (χ0) is 14.7. The number of hydrogen-bond acceptors (Lipinski definition) is 3. The van der Waals surface area contributed by atoms with Gasteiger partial charge in [-0.1, -0.05) is 19.8 Å². The van der Waals surface area contributed by atoms with E-state index in [1.807, 2.05) is 0 Å². The van der Waals surface area contributed by atoms with Crippen LogP contribution in [-0.4, -0.2) is 11.5 Å². The zero-order valence-corrected chi connectivity index (χ0v) is 11.4. The molecule has 20 heavy (non-hydrogen) atoms. The van der Waals surface area contributed by atoms with Crippen LogP contribution in [0.2, 0.25) is 0 Å². The van der Waals surface area contributed by atoms with Crippen molar-refractivity contribution in [1.82, 2.24) is 0 Å². The van der Waals surface area contributed by atoms with Gasteiger partial charge in [-0.3, -0.25) is 10.1 Å². The van der Waals surface area contributed by atoms with Gasteiger partial charge in [0.25, 0.3) is 0 Å². The smallest absolute Gasteiger partial charge is 0.307 e. The molecule has 4 nitrogen and oxygen atoms in total. The third-order valence-corrected chi connectivity index (χ3v) is 3.86. The maximum atomic E-state index is 13.6. The molecular formula is C14H18F2N2O2. The van der Waals surface area contributed by atoms with Gasteiger partial charge in [-0.15, -0.1) is 0 Å². The molecule has 6 heteroatoms. The fraction of sp³-hybridized carbons (Fsp3) is 0.571. The quantitative estimate of drug-likeness (QED) is 0.668. The van der Waals surface area contributed by atoms with Crippen LogP contribution < -0.4 is 5.32 Å². The first-order valence-electron chi connectivity index (χ1n) is 6.84. The van der Waals surface area contributed by atoms with Crippen molar-refractivity contribution in [3.8, 4) is 0 Å². The number of nitro benzene ring substituents is 1. The summed E-state index contributed by atoms with van der Waals surface area (Å²) in [5.74, 6) is -0.855. The highest BCUT2D eigenvalue weighted by molar-refractivity contribution is 5.53. The number of halogens is 2. The van der Waals surface area contributed by atoms with Crippen molar-refractivity contribution >= 4 is 11.4 Å². The van der Waals surface area contributed by atoms with Crippen LogP contribution in [-0.2, 0) is 0 Å². The molecule has 0 aromatic heterocycles. The molecule has 0 bridgehead atoms. The van der Waals surface area contributed by atoms with Gasteiger partial charge in [-0.2, -0.15) is 4.39 Å². The van der Waals surface area contributed by atoms with Gasteiger partial charge < -0.3 is 5.32 Å². The highest BCUT2D eigenvalue weighted by atomic mass is 19.1. The minimum absolute atomic E-state index is 0.00340. The number of nitrogens with zero attached hydrogens (tertiary/aromatic N) is 1. The normalized spacial score (nSPS) is 22.6. The van der Waals surface area contributed by atoms with E-state index in [9.17, 15) is 18.9 Å². The van der Waals surface area contributed by atoms with Gasteiger partial charge in [0.1, 0.15) is 5.82 Å². The first kappa shape index (κ1) is 14.7. The molecule has 0 amide bonds. The molecule has 1 aromatic rings. The number of hydrogen-bond donors (Lipinski definition) is 1. The first-order chi connectivity index (χ1) is 9.47. The lowest BCUT2D eigenvalue weighted by Crippen LogP contribution is -2.21. The van der Waals surface area contributed by atoms with Gasteiger partial charge in [0, 0.05) is 18.7 Å². The predicted molar refractivity (Wildman–Crippen MR) is 72.6 cm³/mol. The van der Waals surface area contributed by atoms with E-state index in [0.717, 1.165) is 25.3 Å². The van der Waals surface area contributed by atoms with E-state index in [-0.39, 0.29) is 5.69 Å². The maximum Gasteiger partial charge on any atom is 0.307 e. The Labute approximate surface area is 116 Å².